The van der Waals surface area contributed by atoms with Crippen LogP contribution in [0.2, 0.25) is 5.02 Å². The van der Waals surface area contributed by atoms with Gasteiger partial charge >= 0.3 is 5.97 Å². The van der Waals surface area contributed by atoms with Gasteiger partial charge in [0.15, 0.2) is 4.90 Å². The van der Waals surface area contributed by atoms with Crippen molar-refractivity contribution in [1.29, 1.82) is 0 Å². The second-order valence-corrected chi connectivity index (χ2v) is 13.3. The standard InChI is InChI=1S/C37H29ClF2NO3PS/c1-21-6-4-7-22(2)33(21)34-30-20-27(39)13-17-32(30)41(46(43)28-14-10-23(11-15-28)36(40)45)35(34)25-9-5-8-24(18-25)29-16-12-26(19-31(29)38)37(42)44-3/h4-20,36H,45H2,1-3H3. The van der Waals surface area contributed by atoms with Crippen molar-refractivity contribution >= 4 is 49.1 Å². The number of alkyl halides is 1. The number of methoxy groups -OCH3 is 1. The number of carbonyl (C=O) groups excluding carboxylic acids is 1. The van der Waals surface area contributed by atoms with Crippen molar-refractivity contribution in [2.24, 2.45) is 0 Å². The average Bonchev–Trinajstić information content (AvgIpc) is 3.37. The van der Waals surface area contributed by atoms with Gasteiger partial charge in [-0.05, 0) is 90.2 Å². The Morgan fingerprint density at radius 3 is 2.22 bits per heavy atom. The molecule has 0 bridgehead atoms. The van der Waals surface area contributed by atoms with Crippen LogP contribution in [0.3, 0.4) is 0 Å². The number of aryl methyl sites for hydroxylation is 2. The summed E-state index contributed by atoms with van der Waals surface area (Å²) < 4.78 is 50.1. The number of fused-ring (bicyclic) bond motifs is 1. The molecule has 5 aromatic carbocycles. The number of benzene rings is 5. The fourth-order valence-corrected chi connectivity index (χ4v) is 7.62. The Hall–Kier alpha value is -4.00. The fourth-order valence-electron chi connectivity index (χ4n) is 5.83. The van der Waals surface area contributed by atoms with Crippen molar-refractivity contribution < 1.29 is 22.9 Å². The third-order valence-corrected chi connectivity index (χ3v) is 10.1. The molecule has 0 aliphatic rings. The van der Waals surface area contributed by atoms with Crippen molar-refractivity contribution in [3.8, 4) is 33.5 Å². The van der Waals surface area contributed by atoms with Crippen LogP contribution in [0.25, 0.3) is 44.4 Å². The van der Waals surface area contributed by atoms with E-state index in [0.717, 1.165) is 33.4 Å². The van der Waals surface area contributed by atoms with Gasteiger partial charge in [0.2, 0.25) is 0 Å². The minimum absolute atomic E-state index is 0.328. The maximum Gasteiger partial charge on any atom is 0.337 e. The Labute approximate surface area is 276 Å². The number of halogens is 3. The molecule has 1 heterocycles. The van der Waals surface area contributed by atoms with E-state index in [1.165, 1.54) is 19.2 Å². The quantitative estimate of drug-likeness (QED) is 0.0964. The van der Waals surface area contributed by atoms with E-state index < -0.39 is 29.1 Å². The van der Waals surface area contributed by atoms with E-state index in [2.05, 4.69) is 9.24 Å². The highest BCUT2D eigenvalue weighted by Gasteiger charge is 2.30. The van der Waals surface area contributed by atoms with Crippen LogP contribution in [0.4, 0.5) is 8.78 Å². The zero-order chi connectivity index (χ0) is 32.7. The van der Waals surface area contributed by atoms with E-state index in [1.807, 2.05) is 56.3 Å². The van der Waals surface area contributed by atoms with Crippen molar-refractivity contribution in [2.75, 3.05) is 7.11 Å². The maximum atomic E-state index is 15.0. The lowest BCUT2D eigenvalue weighted by Crippen LogP contribution is -2.14. The van der Waals surface area contributed by atoms with Gasteiger partial charge in [0.25, 0.3) is 0 Å². The second kappa shape index (κ2) is 13.0. The van der Waals surface area contributed by atoms with Gasteiger partial charge in [-0.25, -0.2) is 13.6 Å². The molecule has 0 saturated carbocycles. The van der Waals surface area contributed by atoms with Crippen LogP contribution in [0.1, 0.15) is 33.0 Å². The number of aromatic nitrogens is 1. The smallest absolute Gasteiger partial charge is 0.337 e. The Balaban J connectivity index is 1.66. The predicted molar refractivity (Wildman–Crippen MR) is 186 cm³/mol. The first-order chi connectivity index (χ1) is 22.1. The molecule has 46 heavy (non-hydrogen) atoms. The number of carbonyl (C=O) groups is 1. The fraction of sp³-hybridized carbons (Fsp3) is 0.108. The molecule has 232 valence electrons. The van der Waals surface area contributed by atoms with Gasteiger partial charge in [-0.2, -0.15) is 3.97 Å². The summed E-state index contributed by atoms with van der Waals surface area (Å²) in [4.78, 5) is 12.6. The molecule has 4 nitrogen and oxygen atoms in total. The van der Waals surface area contributed by atoms with E-state index in [1.54, 1.807) is 52.5 Å². The van der Waals surface area contributed by atoms with Gasteiger partial charge in [-0.15, -0.1) is 0 Å². The second-order valence-electron chi connectivity index (χ2n) is 10.9. The van der Waals surface area contributed by atoms with Gasteiger partial charge in [-0.1, -0.05) is 75.4 Å². The van der Waals surface area contributed by atoms with E-state index in [9.17, 15) is 18.1 Å². The maximum absolute atomic E-state index is 15.0. The highest BCUT2D eigenvalue weighted by molar-refractivity contribution is 7.90. The van der Waals surface area contributed by atoms with Crippen LogP contribution in [-0.4, -0.2) is 21.6 Å². The minimum atomic E-state index is -1.81. The van der Waals surface area contributed by atoms with Gasteiger partial charge in [-0.3, -0.25) is 0 Å². The number of rotatable bonds is 7. The average molecular weight is 672 g/mol. The first kappa shape index (κ1) is 32.0. The molecular weight excluding hydrogens is 643 g/mol. The van der Waals surface area contributed by atoms with Crippen molar-refractivity contribution in [3.05, 3.63) is 136 Å². The SMILES string of the molecule is COC(=O)c1ccc(-c2cccc(-c3c(-c4c(C)cccc4C)c4cc(F)ccc4n3[S+]([O-])c3ccc(C(F)P)cc3)c2)c(Cl)c1. The van der Waals surface area contributed by atoms with Crippen molar-refractivity contribution in [3.63, 3.8) is 0 Å². The molecule has 0 aliphatic heterocycles. The first-order valence-electron chi connectivity index (χ1n) is 14.4. The Morgan fingerprint density at radius 2 is 1.57 bits per heavy atom. The molecule has 0 saturated heterocycles. The Morgan fingerprint density at radius 1 is 0.891 bits per heavy atom. The lowest BCUT2D eigenvalue weighted by atomic mass is 9.91. The van der Waals surface area contributed by atoms with E-state index >= 15 is 0 Å². The summed E-state index contributed by atoms with van der Waals surface area (Å²) in [6.45, 7) is 4.00. The molecule has 0 aliphatic carbocycles. The molecular formula is C37H29ClF2NO3PS. The zero-order valence-electron chi connectivity index (χ0n) is 25.2. The van der Waals surface area contributed by atoms with E-state index in [4.69, 9.17) is 16.3 Å². The topological polar surface area (TPSA) is 54.3 Å². The number of ether oxygens (including phenoxy) is 1. The summed E-state index contributed by atoms with van der Waals surface area (Å²) in [5.41, 5.74) is 7.76. The third kappa shape index (κ3) is 5.85. The number of nitrogens with zero attached hydrogens (tertiary/aromatic N) is 1. The molecule has 0 fully saturated rings. The number of esters is 1. The van der Waals surface area contributed by atoms with Crippen molar-refractivity contribution in [1.82, 2.24) is 3.97 Å². The van der Waals surface area contributed by atoms with Gasteiger partial charge in [0.1, 0.15) is 28.8 Å². The first-order valence-corrected chi connectivity index (χ1v) is 16.5. The third-order valence-electron chi connectivity index (χ3n) is 8.02. The molecule has 0 amide bonds. The summed E-state index contributed by atoms with van der Waals surface area (Å²) in [5.74, 6) is -2.16. The summed E-state index contributed by atoms with van der Waals surface area (Å²) >= 11 is 4.87. The Kier molecular flexibility index (Phi) is 9.04. The van der Waals surface area contributed by atoms with Gasteiger partial charge < -0.3 is 9.29 Å². The molecule has 0 radical (unpaired) electrons. The molecule has 1 aromatic heterocycles. The van der Waals surface area contributed by atoms with Crippen molar-refractivity contribution in [2.45, 2.75) is 24.7 Å². The Bertz CT molecular complexity index is 2090. The summed E-state index contributed by atoms with van der Waals surface area (Å²) in [5, 5.41) is 0.971. The molecule has 9 heteroatoms. The number of hydrogen-bond acceptors (Lipinski definition) is 3. The van der Waals surface area contributed by atoms with Crippen LogP contribution >= 0.6 is 20.8 Å². The minimum Gasteiger partial charge on any atom is -0.587 e. The normalized spacial score (nSPS) is 12.7. The van der Waals surface area contributed by atoms with Gasteiger partial charge in [0.05, 0.1) is 18.2 Å². The van der Waals surface area contributed by atoms with Crippen LogP contribution < -0.4 is 0 Å². The number of hydrogen-bond donors (Lipinski definition) is 0. The van der Waals surface area contributed by atoms with Crippen LogP contribution in [0, 0.1) is 19.7 Å². The van der Waals surface area contributed by atoms with Crippen LogP contribution in [0.15, 0.2) is 108 Å². The lowest BCUT2D eigenvalue weighted by molar-refractivity contribution is 0.0600. The highest BCUT2D eigenvalue weighted by Crippen LogP contribution is 2.46. The predicted octanol–water partition coefficient (Wildman–Crippen LogP) is 10.3. The lowest BCUT2D eigenvalue weighted by Gasteiger charge is -2.18. The monoisotopic (exact) mass is 671 g/mol. The summed E-state index contributed by atoms with van der Waals surface area (Å²) in [6, 6.07) is 29.6. The molecule has 3 unspecified atom stereocenters. The van der Waals surface area contributed by atoms with Crippen LogP contribution in [0.5, 0.6) is 0 Å². The molecule has 6 aromatic rings. The summed E-state index contributed by atoms with van der Waals surface area (Å²) in [7, 11) is 3.43. The molecule has 3 atom stereocenters. The van der Waals surface area contributed by atoms with Gasteiger partial charge in [0, 0.05) is 27.1 Å². The van der Waals surface area contributed by atoms with E-state index in [0.29, 0.717) is 43.2 Å². The molecule has 6 rings (SSSR count). The molecule has 0 spiro atoms. The zero-order valence-corrected chi connectivity index (χ0v) is 27.9. The van der Waals surface area contributed by atoms with E-state index in [-0.39, 0.29) is 0 Å². The highest BCUT2D eigenvalue weighted by atomic mass is 35.5. The summed E-state index contributed by atoms with van der Waals surface area (Å²) in [6.07, 6.45) is 0. The molecule has 0 N–H and O–H groups in total. The van der Waals surface area contributed by atoms with Crippen LogP contribution in [-0.2, 0) is 16.1 Å². The largest absolute Gasteiger partial charge is 0.587 e.